The van der Waals surface area contributed by atoms with Crippen LogP contribution in [0.4, 0.5) is 13.2 Å². The van der Waals surface area contributed by atoms with Gasteiger partial charge in [0.2, 0.25) is 0 Å². The zero-order chi connectivity index (χ0) is 13.4. The number of hydrogen-bond acceptors (Lipinski definition) is 1. The zero-order valence-electron chi connectivity index (χ0n) is 10.1. The SMILES string of the molecule is FC(F)(F)c1cccc(CNCCCCCBr)c1. The lowest BCUT2D eigenvalue weighted by molar-refractivity contribution is -0.137. The molecule has 0 spiro atoms. The summed E-state index contributed by atoms with van der Waals surface area (Å²) in [6.07, 6.45) is -0.956. The Kier molecular flexibility index (Phi) is 6.71. The van der Waals surface area contributed by atoms with Crippen LogP contribution in [-0.4, -0.2) is 11.9 Å². The number of hydrogen-bond donors (Lipinski definition) is 1. The van der Waals surface area contributed by atoms with Gasteiger partial charge in [-0.2, -0.15) is 13.2 Å². The summed E-state index contributed by atoms with van der Waals surface area (Å²) in [6, 6.07) is 5.45. The summed E-state index contributed by atoms with van der Waals surface area (Å²) in [5.74, 6) is 0. The molecule has 1 nitrogen and oxygen atoms in total. The van der Waals surface area contributed by atoms with Crippen LogP contribution in [0.25, 0.3) is 0 Å². The van der Waals surface area contributed by atoms with E-state index in [4.69, 9.17) is 0 Å². The molecule has 0 saturated carbocycles. The first kappa shape index (κ1) is 15.5. The summed E-state index contributed by atoms with van der Waals surface area (Å²) >= 11 is 3.35. The van der Waals surface area contributed by atoms with Crippen molar-refractivity contribution in [3.8, 4) is 0 Å². The Morgan fingerprint density at radius 2 is 1.89 bits per heavy atom. The van der Waals surface area contributed by atoms with Crippen LogP contribution in [0.1, 0.15) is 30.4 Å². The summed E-state index contributed by atoms with van der Waals surface area (Å²) in [5, 5.41) is 4.16. The molecule has 0 bridgehead atoms. The summed E-state index contributed by atoms with van der Waals surface area (Å²) in [7, 11) is 0. The third-order valence-electron chi connectivity index (χ3n) is 2.57. The highest BCUT2D eigenvalue weighted by Gasteiger charge is 2.30. The molecule has 0 aliphatic rings. The average Bonchev–Trinajstić information content (AvgIpc) is 2.33. The van der Waals surface area contributed by atoms with Crippen molar-refractivity contribution in [1.29, 1.82) is 0 Å². The van der Waals surface area contributed by atoms with Crippen molar-refractivity contribution in [2.75, 3.05) is 11.9 Å². The van der Waals surface area contributed by atoms with Crippen molar-refractivity contribution < 1.29 is 13.2 Å². The van der Waals surface area contributed by atoms with Crippen LogP contribution >= 0.6 is 15.9 Å². The Hall–Kier alpha value is -0.550. The maximum absolute atomic E-state index is 12.5. The number of benzene rings is 1. The predicted molar refractivity (Wildman–Crippen MR) is 70.8 cm³/mol. The minimum Gasteiger partial charge on any atom is -0.313 e. The molecule has 18 heavy (non-hydrogen) atoms. The van der Waals surface area contributed by atoms with Crippen molar-refractivity contribution in [3.05, 3.63) is 35.4 Å². The van der Waals surface area contributed by atoms with Gasteiger partial charge in [0.25, 0.3) is 0 Å². The lowest BCUT2D eigenvalue weighted by Crippen LogP contribution is -2.15. The van der Waals surface area contributed by atoms with Crippen LogP contribution in [0.2, 0.25) is 0 Å². The predicted octanol–water partition coefficient (Wildman–Crippen LogP) is 4.36. The molecule has 0 amide bonds. The fourth-order valence-corrected chi connectivity index (χ4v) is 2.01. The van der Waals surface area contributed by atoms with Gasteiger partial charge < -0.3 is 5.32 Å². The van der Waals surface area contributed by atoms with Crippen molar-refractivity contribution in [3.63, 3.8) is 0 Å². The van der Waals surface area contributed by atoms with Crippen LogP contribution in [0.15, 0.2) is 24.3 Å². The van der Waals surface area contributed by atoms with E-state index in [1.807, 2.05) is 0 Å². The van der Waals surface area contributed by atoms with Gasteiger partial charge in [-0.15, -0.1) is 0 Å². The van der Waals surface area contributed by atoms with E-state index in [1.54, 1.807) is 6.07 Å². The maximum Gasteiger partial charge on any atom is 0.416 e. The van der Waals surface area contributed by atoms with Gasteiger partial charge in [0.05, 0.1) is 5.56 Å². The molecule has 0 fully saturated rings. The third-order valence-corrected chi connectivity index (χ3v) is 3.13. The van der Waals surface area contributed by atoms with E-state index in [-0.39, 0.29) is 0 Å². The minimum absolute atomic E-state index is 0.484. The zero-order valence-corrected chi connectivity index (χ0v) is 11.6. The van der Waals surface area contributed by atoms with Gasteiger partial charge in [0.15, 0.2) is 0 Å². The summed E-state index contributed by atoms with van der Waals surface area (Å²) in [6.45, 7) is 1.32. The molecule has 0 aromatic heterocycles. The second-order valence-electron chi connectivity index (χ2n) is 4.12. The Bertz CT molecular complexity index is 352. The van der Waals surface area contributed by atoms with Gasteiger partial charge in [-0.3, -0.25) is 0 Å². The third kappa shape index (κ3) is 5.87. The van der Waals surface area contributed by atoms with Crippen molar-refractivity contribution in [1.82, 2.24) is 5.32 Å². The lowest BCUT2D eigenvalue weighted by atomic mass is 10.1. The number of halogens is 4. The molecule has 0 atom stereocenters. The smallest absolute Gasteiger partial charge is 0.313 e. The van der Waals surface area contributed by atoms with Crippen LogP contribution in [0, 0.1) is 0 Å². The highest BCUT2D eigenvalue weighted by atomic mass is 79.9. The van der Waals surface area contributed by atoms with E-state index < -0.39 is 11.7 Å². The lowest BCUT2D eigenvalue weighted by Gasteiger charge is -2.09. The van der Waals surface area contributed by atoms with E-state index in [1.165, 1.54) is 12.1 Å². The Labute approximate surface area is 114 Å². The molecule has 1 aromatic carbocycles. The molecule has 1 aromatic rings. The molecule has 0 saturated heterocycles. The number of alkyl halides is 4. The molecule has 0 aliphatic carbocycles. The van der Waals surface area contributed by atoms with E-state index in [2.05, 4.69) is 21.2 Å². The molecule has 1 N–H and O–H groups in total. The van der Waals surface area contributed by atoms with Crippen molar-refractivity contribution in [2.45, 2.75) is 32.0 Å². The van der Waals surface area contributed by atoms with E-state index >= 15 is 0 Å². The van der Waals surface area contributed by atoms with Crippen LogP contribution in [-0.2, 0) is 12.7 Å². The number of rotatable bonds is 7. The van der Waals surface area contributed by atoms with Gasteiger partial charge in [0, 0.05) is 11.9 Å². The summed E-state index contributed by atoms with van der Waals surface area (Å²) < 4.78 is 37.4. The van der Waals surface area contributed by atoms with E-state index in [0.29, 0.717) is 12.1 Å². The molecule has 5 heteroatoms. The molecule has 0 radical (unpaired) electrons. The monoisotopic (exact) mass is 323 g/mol. The van der Waals surface area contributed by atoms with Crippen molar-refractivity contribution in [2.24, 2.45) is 0 Å². The molecule has 102 valence electrons. The van der Waals surface area contributed by atoms with Gasteiger partial charge in [-0.05, 0) is 31.0 Å². The van der Waals surface area contributed by atoms with Gasteiger partial charge >= 0.3 is 6.18 Å². The van der Waals surface area contributed by atoms with Gasteiger partial charge in [0.1, 0.15) is 0 Å². The highest BCUT2D eigenvalue weighted by molar-refractivity contribution is 9.09. The van der Waals surface area contributed by atoms with Crippen molar-refractivity contribution >= 4 is 15.9 Å². The first-order valence-corrected chi connectivity index (χ1v) is 7.09. The normalized spacial score (nSPS) is 11.8. The second-order valence-corrected chi connectivity index (χ2v) is 4.92. The van der Waals surface area contributed by atoms with Gasteiger partial charge in [-0.25, -0.2) is 0 Å². The standard InChI is InChI=1S/C13H17BrF3N/c14-7-2-1-3-8-18-10-11-5-4-6-12(9-11)13(15,16)17/h4-6,9,18H,1-3,7-8,10H2. The largest absolute Gasteiger partial charge is 0.416 e. The molecular formula is C13H17BrF3N. The maximum atomic E-state index is 12.5. The molecule has 1 rings (SSSR count). The molecular weight excluding hydrogens is 307 g/mol. The summed E-state index contributed by atoms with van der Waals surface area (Å²) in [4.78, 5) is 0. The topological polar surface area (TPSA) is 12.0 Å². The Balaban J connectivity index is 2.34. The van der Waals surface area contributed by atoms with E-state index in [9.17, 15) is 13.2 Å². The van der Waals surface area contributed by atoms with Crippen LogP contribution in [0.5, 0.6) is 0 Å². The first-order chi connectivity index (χ1) is 8.54. The fraction of sp³-hybridized carbons (Fsp3) is 0.538. The first-order valence-electron chi connectivity index (χ1n) is 5.97. The second kappa shape index (κ2) is 7.79. The summed E-state index contributed by atoms with van der Waals surface area (Å²) in [5.41, 5.74) is 0.0893. The molecule has 0 heterocycles. The fourth-order valence-electron chi connectivity index (χ4n) is 1.61. The van der Waals surface area contributed by atoms with Gasteiger partial charge in [-0.1, -0.05) is 40.5 Å². The highest BCUT2D eigenvalue weighted by Crippen LogP contribution is 2.29. The Morgan fingerprint density at radius 3 is 2.56 bits per heavy atom. The average molecular weight is 324 g/mol. The van der Waals surface area contributed by atoms with Crippen LogP contribution in [0.3, 0.4) is 0 Å². The number of unbranched alkanes of at least 4 members (excludes halogenated alkanes) is 2. The number of nitrogens with one attached hydrogen (secondary N) is 1. The minimum atomic E-state index is -4.26. The molecule has 0 unspecified atom stereocenters. The quantitative estimate of drug-likeness (QED) is 0.580. The molecule has 0 aliphatic heterocycles. The van der Waals surface area contributed by atoms with E-state index in [0.717, 1.165) is 37.2 Å². The van der Waals surface area contributed by atoms with Crippen LogP contribution < -0.4 is 5.32 Å². The Morgan fingerprint density at radius 1 is 1.11 bits per heavy atom.